The van der Waals surface area contributed by atoms with Crippen molar-refractivity contribution in [1.82, 2.24) is 25.3 Å². The number of aryl methyl sites for hydroxylation is 1. The maximum absolute atomic E-state index is 12.9. The lowest BCUT2D eigenvalue weighted by Gasteiger charge is -2.13. The number of alkyl halides is 3. The zero-order chi connectivity index (χ0) is 19.4. The van der Waals surface area contributed by atoms with Gasteiger partial charge in [-0.25, -0.2) is 9.67 Å². The lowest BCUT2D eigenvalue weighted by atomic mass is 10.2. The molecule has 2 heterocycles. The van der Waals surface area contributed by atoms with E-state index >= 15 is 0 Å². The third-order valence-electron chi connectivity index (χ3n) is 3.89. The number of anilines is 1. The van der Waals surface area contributed by atoms with Gasteiger partial charge in [0.2, 0.25) is 0 Å². The highest BCUT2D eigenvalue weighted by Crippen LogP contribution is 2.33. The number of nitrogens with one attached hydrogen (secondary N) is 2. The SMILES string of the molecule is CCn1nnc2cc(C(=O)NCCNc3ncccc3C(F)(F)F)ccc21. The summed E-state index contributed by atoms with van der Waals surface area (Å²) in [5.74, 6) is -0.612. The van der Waals surface area contributed by atoms with Crippen LogP contribution in [-0.2, 0) is 12.7 Å². The fourth-order valence-electron chi connectivity index (χ4n) is 2.58. The van der Waals surface area contributed by atoms with Gasteiger partial charge in [-0.05, 0) is 37.3 Å². The molecule has 2 N–H and O–H groups in total. The molecule has 0 bridgehead atoms. The summed E-state index contributed by atoms with van der Waals surface area (Å²) >= 11 is 0. The summed E-state index contributed by atoms with van der Waals surface area (Å²) in [7, 11) is 0. The number of carbonyl (C=O) groups is 1. The number of amides is 1. The number of carbonyl (C=O) groups excluding carboxylic acids is 1. The second-order valence-electron chi connectivity index (χ2n) is 5.69. The summed E-state index contributed by atoms with van der Waals surface area (Å²) in [6.45, 7) is 2.83. The molecule has 0 aliphatic heterocycles. The molecule has 0 unspecified atom stereocenters. The number of hydrogen-bond donors (Lipinski definition) is 2. The number of benzene rings is 1. The Labute approximate surface area is 152 Å². The smallest absolute Gasteiger partial charge is 0.368 e. The van der Waals surface area contributed by atoms with Crippen molar-refractivity contribution in [1.29, 1.82) is 0 Å². The first-order chi connectivity index (χ1) is 12.9. The Morgan fingerprint density at radius 1 is 1.22 bits per heavy atom. The van der Waals surface area contributed by atoms with Crippen molar-refractivity contribution in [2.75, 3.05) is 18.4 Å². The van der Waals surface area contributed by atoms with Gasteiger partial charge in [0, 0.05) is 31.4 Å². The first-order valence-corrected chi connectivity index (χ1v) is 8.27. The van der Waals surface area contributed by atoms with E-state index in [0.717, 1.165) is 11.6 Å². The molecule has 0 fully saturated rings. The summed E-state index contributed by atoms with van der Waals surface area (Å²) in [4.78, 5) is 15.9. The molecule has 0 aliphatic rings. The third-order valence-corrected chi connectivity index (χ3v) is 3.89. The lowest BCUT2D eigenvalue weighted by Crippen LogP contribution is -2.29. The van der Waals surface area contributed by atoms with Crippen molar-refractivity contribution < 1.29 is 18.0 Å². The number of rotatable bonds is 6. The second kappa shape index (κ2) is 7.60. The molecule has 0 radical (unpaired) electrons. The van der Waals surface area contributed by atoms with E-state index in [1.165, 1.54) is 12.3 Å². The topological polar surface area (TPSA) is 84.7 Å². The standard InChI is InChI=1S/C17H17F3N6O/c1-2-26-14-6-5-11(10-13(14)24-25-26)16(27)23-9-8-22-15-12(17(18,19)20)4-3-7-21-15/h3-7,10H,2,8-9H2,1H3,(H,21,22)(H,23,27). The number of hydrogen-bond acceptors (Lipinski definition) is 5. The van der Waals surface area contributed by atoms with Gasteiger partial charge in [0.05, 0.1) is 11.1 Å². The predicted octanol–water partition coefficient (Wildman–Crippen LogP) is 2.71. The highest BCUT2D eigenvalue weighted by atomic mass is 19.4. The van der Waals surface area contributed by atoms with Gasteiger partial charge in [-0.3, -0.25) is 4.79 Å². The van der Waals surface area contributed by atoms with Crippen LogP contribution in [0.15, 0.2) is 36.5 Å². The average molecular weight is 378 g/mol. The van der Waals surface area contributed by atoms with Gasteiger partial charge in [-0.15, -0.1) is 5.10 Å². The molecule has 7 nitrogen and oxygen atoms in total. The van der Waals surface area contributed by atoms with Gasteiger partial charge in [0.25, 0.3) is 5.91 Å². The van der Waals surface area contributed by atoms with Gasteiger partial charge in [-0.1, -0.05) is 5.21 Å². The Hall–Kier alpha value is -3.17. The molecule has 10 heteroatoms. The molecule has 3 rings (SSSR count). The molecule has 3 aromatic rings. The van der Waals surface area contributed by atoms with Crippen LogP contribution in [-0.4, -0.2) is 39.0 Å². The molecule has 142 valence electrons. The van der Waals surface area contributed by atoms with Crippen LogP contribution in [0.3, 0.4) is 0 Å². The molecule has 0 aliphatic carbocycles. The molecule has 0 saturated heterocycles. The van der Waals surface area contributed by atoms with E-state index in [-0.39, 0.29) is 24.8 Å². The number of aromatic nitrogens is 4. The fourth-order valence-corrected chi connectivity index (χ4v) is 2.58. The van der Waals surface area contributed by atoms with Crippen molar-refractivity contribution in [2.24, 2.45) is 0 Å². The zero-order valence-corrected chi connectivity index (χ0v) is 14.4. The Balaban J connectivity index is 1.58. The van der Waals surface area contributed by atoms with Gasteiger partial charge in [-0.2, -0.15) is 13.2 Å². The Kier molecular flexibility index (Phi) is 5.24. The predicted molar refractivity (Wildman–Crippen MR) is 93.3 cm³/mol. The van der Waals surface area contributed by atoms with Crippen LogP contribution in [0.1, 0.15) is 22.8 Å². The summed E-state index contributed by atoms with van der Waals surface area (Å²) in [5.41, 5.74) is 0.983. The van der Waals surface area contributed by atoms with E-state index in [1.54, 1.807) is 22.9 Å². The molecule has 1 amide bonds. The average Bonchev–Trinajstić information content (AvgIpc) is 3.07. The second-order valence-corrected chi connectivity index (χ2v) is 5.69. The van der Waals surface area contributed by atoms with Gasteiger partial charge >= 0.3 is 6.18 Å². The summed E-state index contributed by atoms with van der Waals surface area (Å²) in [6, 6.07) is 7.21. The maximum atomic E-state index is 12.9. The van der Waals surface area contributed by atoms with Crippen molar-refractivity contribution in [3.8, 4) is 0 Å². The van der Waals surface area contributed by atoms with Crippen LogP contribution in [0.2, 0.25) is 0 Å². The zero-order valence-electron chi connectivity index (χ0n) is 14.4. The largest absolute Gasteiger partial charge is 0.419 e. The summed E-state index contributed by atoms with van der Waals surface area (Å²) in [5, 5.41) is 13.2. The number of halogens is 3. The molecule has 0 atom stereocenters. The minimum Gasteiger partial charge on any atom is -0.368 e. The quantitative estimate of drug-likeness (QED) is 0.645. The van der Waals surface area contributed by atoms with Crippen LogP contribution in [0.5, 0.6) is 0 Å². The monoisotopic (exact) mass is 378 g/mol. The first-order valence-electron chi connectivity index (χ1n) is 8.27. The molecule has 0 spiro atoms. The number of nitrogens with zero attached hydrogens (tertiary/aromatic N) is 4. The normalized spacial score (nSPS) is 11.6. The fraction of sp³-hybridized carbons (Fsp3) is 0.294. The van der Waals surface area contributed by atoms with Crippen molar-refractivity contribution in [2.45, 2.75) is 19.6 Å². The minimum absolute atomic E-state index is 0.0973. The van der Waals surface area contributed by atoms with Crippen LogP contribution in [0.25, 0.3) is 11.0 Å². The van der Waals surface area contributed by atoms with E-state index in [4.69, 9.17) is 0 Å². The van der Waals surface area contributed by atoms with Crippen LogP contribution < -0.4 is 10.6 Å². The van der Waals surface area contributed by atoms with E-state index in [2.05, 4.69) is 25.9 Å². The molecule has 2 aromatic heterocycles. The number of pyridine rings is 1. The minimum atomic E-state index is -4.49. The maximum Gasteiger partial charge on any atom is 0.419 e. The number of fused-ring (bicyclic) bond motifs is 1. The lowest BCUT2D eigenvalue weighted by molar-refractivity contribution is -0.137. The van der Waals surface area contributed by atoms with Crippen molar-refractivity contribution in [3.05, 3.63) is 47.7 Å². The van der Waals surface area contributed by atoms with E-state index in [9.17, 15) is 18.0 Å². The molecule has 0 saturated carbocycles. The highest BCUT2D eigenvalue weighted by Gasteiger charge is 2.33. The third kappa shape index (κ3) is 4.15. The highest BCUT2D eigenvalue weighted by molar-refractivity contribution is 5.97. The molecular formula is C17H17F3N6O. The Bertz CT molecular complexity index is 953. The van der Waals surface area contributed by atoms with E-state index < -0.39 is 11.7 Å². The molecular weight excluding hydrogens is 361 g/mol. The summed E-state index contributed by atoms with van der Waals surface area (Å²) in [6.07, 6.45) is -3.22. The van der Waals surface area contributed by atoms with Gasteiger partial charge in [0.1, 0.15) is 11.3 Å². The van der Waals surface area contributed by atoms with Crippen LogP contribution in [0, 0.1) is 0 Å². The summed E-state index contributed by atoms with van der Waals surface area (Å²) < 4.78 is 40.4. The molecule has 1 aromatic carbocycles. The van der Waals surface area contributed by atoms with Crippen molar-refractivity contribution in [3.63, 3.8) is 0 Å². The van der Waals surface area contributed by atoms with E-state index in [1.807, 2.05) is 6.92 Å². The Morgan fingerprint density at radius 3 is 2.78 bits per heavy atom. The van der Waals surface area contributed by atoms with Crippen LogP contribution >= 0.6 is 0 Å². The van der Waals surface area contributed by atoms with Gasteiger partial charge in [0.15, 0.2) is 0 Å². The Morgan fingerprint density at radius 2 is 2.04 bits per heavy atom. The van der Waals surface area contributed by atoms with Crippen LogP contribution in [0.4, 0.5) is 19.0 Å². The first kappa shape index (κ1) is 18.6. The molecule has 27 heavy (non-hydrogen) atoms. The van der Waals surface area contributed by atoms with Crippen molar-refractivity contribution >= 4 is 22.8 Å². The van der Waals surface area contributed by atoms with E-state index in [0.29, 0.717) is 17.6 Å². The van der Waals surface area contributed by atoms with Gasteiger partial charge < -0.3 is 10.6 Å².